The number of rotatable bonds is 3. The van der Waals surface area contributed by atoms with Crippen LogP contribution in [0.15, 0.2) is 0 Å². The smallest absolute Gasteiger partial charge is 0.257 e. The highest BCUT2D eigenvalue weighted by Crippen LogP contribution is 2.53. The summed E-state index contributed by atoms with van der Waals surface area (Å²) in [5.74, 6) is 0.142. The molecule has 1 amide bonds. The lowest BCUT2D eigenvalue weighted by molar-refractivity contribution is -0.202. The molecule has 0 aromatic heterocycles. The van der Waals surface area contributed by atoms with Crippen molar-refractivity contribution in [3.05, 3.63) is 0 Å². The number of aliphatic hydroxyl groups is 1. The van der Waals surface area contributed by atoms with Crippen molar-refractivity contribution in [1.82, 2.24) is 10.2 Å². The van der Waals surface area contributed by atoms with Crippen LogP contribution in [0.4, 0.5) is 0 Å². The SMILES string of the molecule is CC1(C)CC2(CC(C)(C)N1)OC1(CCC1)N(CCCO)C2=O. The maximum absolute atomic E-state index is 13.3. The standard InChI is InChI=1S/C17H30N2O3/c1-14(2)11-16(12-15(3,4)18-14)13(21)19(9-6-10-20)17(22-16)7-5-8-17/h18,20H,5-12H2,1-4H3. The first-order valence-corrected chi connectivity index (χ1v) is 8.56. The Morgan fingerprint density at radius 3 is 2.23 bits per heavy atom. The van der Waals surface area contributed by atoms with Crippen LogP contribution in [0.3, 0.4) is 0 Å². The Hall–Kier alpha value is -0.650. The molecule has 0 atom stereocenters. The average Bonchev–Trinajstić information content (AvgIpc) is 2.53. The highest BCUT2D eigenvalue weighted by atomic mass is 16.6. The molecule has 2 aliphatic heterocycles. The molecule has 126 valence electrons. The Morgan fingerprint density at radius 2 is 1.77 bits per heavy atom. The number of carbonyl (C=O) groups excluding carboxylic acids is 1. The summed E-state index contributed by atoms with van der Waals surface area (Å²) in [6, 6.07) is 0. The summed E-state index contributed by atoms with van der Waals surface area (Å²) >= 11 is 0. The van der Waals surface area contributed by atoms with Gasteiger partial charge < -0.3 is 20.1 Å². The van der Waals surface area contributed by atoms with Gasteiger partial charge in [0.05, 0.1) is 0 Å². The van der Waals surface area contributed by atoms with Crippen molar-refractivity contribution in [2.24, 2.45) is 0 Å². The van der Waals surface area contributed by atoms with Crippen LogP contribution >= 0.6 is 0 Å². The Kier molecular flexibility index (Phi) is 3.63. The molecule has 3 rings (SSSR count). The zero-order valence-corrected chi connectivity index (χ0v) is 14.4. The van der Waals surface area contributed by atoms with Crippen LogP contribution in [0.1, 0.15) is 66.2 Å². The van der Waals surface area contributed by atoms with E-state index in [9.17, 15) is 4.79 Å². The molecule has 2 heterocycles. The molecule has 5 nitrogen and oxygen atoms in total. The van der Waals surface area contributed by atoms with Crippen LogP contribution in [-0.2, 0) is 9.53 Å². The normalized spacial score (nSPS) is 30.8. The summed E-state index contributed by atoms with van der Waals surface area (Å²) in [4.78, 5) is 15.2. The average molecular weight is 310 g/mol. The second kappa shape index (κ2) is 4.92. The van der Waals surface area contributed by atoms with Crippen molar-refractivity contribution < 1.29 is 14.6 Å². The third-order valence-electron chi connectivity index (χ3n) is 5.32. The summed E-state index contributed by atoms with van der Waals surface area (Å²) in [6.07, 6.45) is 5.02. The Labute approximate surface area is 133 Å². The Bertz CT molecular complexity index is 453. The van der Waals surface area contributed by atoms with Gasteiger partial charge in [-0.25, -0.2) is 0 Å². The van der Waals surface area contributed by atoms with Crippen molar-refractivity contribution in [2.45, 2.75) is 88.6 Å². The monoisotopic (exact) mass is 310 g/mol. The first kappa shape index (κ1) is 16.2. The van der Waals surface area contributed by atoms with Crippen molar-refractivity contribution in [1.29, 1.82) is 0 Å². The lowest BCUT2D eigenvalue weighted by atomic mass is 9.72. The summed E-state index contributed by atoms with van der Waals surface area (Å²) in [7, 11) is 0. The van der Waals surface area contributed by atoms with Crippen molar-refractivity contribution in [2.75, 3.05) is 13.2 Å². The zero-order valence-electron chi connectivity index (χ0n) is 14.4. The molecule has 0 unspecified atom stereocenters. The number of aliphatic hydroxyl groups excluding tert-OH is 1. The fourth-order valence-corrected chi connectivity index (χ4v) is 5.00. The molecule has 2 saturated heterocycles. The zero-order chi connectivity index (χ0) is 16.2. The van der Waals surface area contributed by atoms with Gasteiger partial charge in [0.15, 0.2) is 5.60 Å². The number of piperidine rings is 1. The van der Waals surface area contributed by atoms with Gasteiger partial charge in [-0.2, -0.15) is 0 Å². The van der Waals surface area contributed by atoms with Crippen LogP contribution in [-0.4, -0.2) is 51.5 Å². The molecule has 3 aliphatic rings. The molecular formula is C17H30N2O3. The van der Waals surface area contributed by atoms with E-state index in [4.69, 9.17) is 9.84 Å². The van der Waals surface area contributed by atoms with E-state index < -0.39 is 11.3 Å². The van der Waals surface area contributed by atoms with Gasteiger partial charge in [-0.15, -0.1) is 0 Å². The number of hydrogen-bond acceptors (Lipinski definition) is 4. The maximum atomic E-state index is 13.3. The summed E-state index contributed by atoms with van der Waals surface area (Å²) in [5, 5.41) is 12.8. The van der Waals surface area contributed by atoms with Crippen molar-refractivity contribution in [3.8, 4) is 0 Å². The predicted octanol–water partition coefficient (Wildman–Crippen LogP) is 1.79. The molecule has 1 saturated carbocycles. The molecule has 0 aromatic carbocycles. The minimum atomic E-state index is -0.700. The van der Waals surface area contributed by atoms with Gasteiger partial charge in [-0.3, -0.25) is 4.79 Å². The summed E-state index contributed by atoms with van der Waals surface area (Å²) < 4.78 is 6.56. The van der Waals surface area contributed by atoms with Gasteiger partial charge >= 0.3 is 0 Å². The maximum Gasteiger partial charge on any atom is 0.257 e. The van der Waals surface area contributed by atoms with Gasteiger partial charge in [0, 0.05) is 37.1 Å². The number of nitrogens with one attached hydrogen (secondary N) is 1. The largest absolute Gasteiger partial charge is 0.396 e. The van der Waals surface area contributed by atoms with Crippen LogP contribution in [0.2, 0.25) is 0 Å². The molecule has 22 heavy (non-hydrogen) atoms. The quantitative estimate of drug-likeness (QED) is 0.834. The molecule has 1 aliphatic carbocycles. The Balaban J connectivity index is 1.92. The number of ether oxygens (including phenoxy) is 1. The van der Waals surface area contributed by atoms with Gasteiger partial charge in [0.1, 0.15) is 5.72 Å². The van der Waals surface area contributed by atoms with Gasteiger partial charge in [0.25, 0.3) is 5.91 Å². The number of hydrogen-bond donors (Lipinski definition) is 2. The van der Waals surface area contributed by atoms with Crippen LogP contribution in [0.25, 0.3) is 0 Å². The third-order valence-corrected chi connectivity index (χ3v) is 5.32. The molecule has 2 spiro atoms. The van der Waals surface area contributed by atoms with E-state index in [1.54, 1.807) is 0 Å². The third kappa shape index (κ3) is 2.47. The molecule has 2 N–H and O–H groups in total. The first-order chi connectivity index (χ1) is 10.1. The van der Waals surface area contributed by atoms with E-state index in [2.05, 4.69) is 33.0 Å². The lowest BCUT2D eigenvalue weighted by Crippen LogP contribution is -2.65. The van der Waals surface area contributed by atoms with Crippen LogP contribution in [0, 0.1) is 0 Å². The number of amides is 1. The van der Waals surface area contributed by atoms with Gasteiger partial charge in [0.2, 0.25) is 0 Å². The van der Waals surface area contributed by atoms with E-state index in [0.717, 1.165) is 19.3 Å². The Morgan fingerprint density at radius 1 is 1.18 bits per heavy atom. The number of nitrogens with zero attached hydrogens (tertiary/aromatic N) is 1. The van der Waals surface area contributed by atoms with Crippen LogP contribution in [0.5, 0.6) is 0 Å². The van der Waals surface area contributed by atoms with Gasteiger partial charge in [-0.1, -0.05) is 0 Å². The fourth-order valence-electron chi connectivity index (χ4n) is 5.00. The number of carbonyl (C=O) groups is 1. The highest BCUT2D eigenvalue weighted by Gasteiger charge is 2.65. The second-order valence-electron chi connectivity index (χ2n) is 8.68. The minimum Gasteiger partial charge on any atom is -0.396 e. The van der Waals surface area contributed by atoms with E-state index in [1.807, 2.05) is 4.90 Å². The molecule has 0 bridgehead atoms. The topological polar surface area (TPSA) is 61.8 Å². The van der Waals surface area contributed by atoms with E-state index in [-0.39, 0.29) is 23.6 Å². The second-order valence-corrected chi connectivity index (χ2v) is 8.68. The molecule has 0 radical (unpaired) electrons. The van der Waals surface area contributed by atoms with E-state index >= 15 is 0 Å². The summed E-state index contributed by atoms with van der Waals surface area (Å²) in [5.41, 5.74) is -1.35. The fraction of sp³-hybridized carbons (Fsp3) is 0.941. The van der Waals surface area contributed by atoms with Crippen LogP contribution < -0.4 is 5.32 Å². The van der Waals surface area contributed by atoms with E-state index in [0.29, 0.717) is 25.8 Å². The molecule has 0 aromatic rings. The summed E-state index contributed by atoms with van der Waals surface area (Å²) in [6.45, 7) is 9.31. The van der Waals surface area contributed by atoms with Gasteiger partial charge in [-0.05, 0) is 53.4 Å². The molecule has 5 heteroatoms. The minimum absolute atomic E-state index is 0.116. The molecular weight excluding hydrogens is 280 g/mol. The lowest BCUT2D eigenvalue weighted by Gasteiger charge is -2.51. The van der Waals surface area contributed by atoms with E-state index in [1.165, 1.54) is 0 Å². The van der Waals surface area contributed by atoms with Crippen molar-refractivity contribution in [3.63, 3.8) is 0 Å². The van der Waals surface area contributed by atoms with Crippen molar-refractivity contribution >= 4 is 5.91 Å². The molecule has 3 fully saturated rings. The predicted molar refractivity (Wildman–Crippen MR) is 84.3 cm³/mol. The first-order valence-electron chi connectivity index (χ1n) is 8.56. The highest BCUT2D eigenvalue weighted by molar-refractivity contribution is 5.88.